The number of rotatable bonds is 8. The molecule has 0 atom stereocenters. The van der Waals surface area contributed by atoms with Gasteiger partial charge in [-0.3, -0.25) is 9.59 Å². The number of hydrogen-bond donors (Lipinski definition) is 0. The van der Waals surface area contributed by atoms with Gasteiger partial charge in [0.25, 0.3) is 0 Å². The summed E-state index contributed by atoms with van der Waals surface area (Å²) in [6.45, 7) is 4.04. The first-order valence-corrected chi connectivity index (χ1v) is 5.94. The number of unbranched alkanes of at least 4 members (excludes halogenated alkanes) is 4. The maximum atomic E-state index is 11.1. The maximum absolute atomic E-state index is 11.1. The Morgan fingerprint density at radius 3 is 2.00 bits per heavy atom. The average molecular weight is 254 g/mol. The van der Waals surface area contributed by atoms with Gasteiger partial charge in [-0.25, -0.2) is 0 Å². The quantitative estimate of drug-likeness (QED) is 0.271. The van der Waals surface area contributed by atoms with Gasteiger partial charge >= 0.3 is 63.3 Å². The van der Waals surface area contributed by atoms with Crippen LogP contribution in [0.15, 0.2) is 0 Å². The molecule has 0 radical (unpaired) electrons. The minimum Gasteiger partial charge on any atom is -1.00 e. The molecule has 3 nitrogen and oxygen atoms in total. The van der Waals surface area contributed by atoms with Crippen LogP contribution in [0.2, 0.25) is 0 Å². The van der Waals surface area contributed by atoms with E-state index in [0.717, 1.165) is 25.7 Å². The molecule has 0 fully saturated rings. The molecule has 0 aliphatic rings. The zero-order chi connectivity index (χ0) is 11.5. The summed E-state index contributed by atoms with van der Waals surface area (Å²) in [5.41, 5.74) is 0. The fourth-order valence-electron chi connectivity index (χ4n) is 1.31. The van der Waals surface area contributed by atoms with Crippen LogP contribution in [0.4, 0.5) is 0 Å². The van der Waals surface area contributed by atoms with Crippen LogP contribution in [-0.2, 0) is 14.3 Å². The van der Waals surface area contributed by atoms with E-state index in [1.54, 1.807) is 0 Å². The van der Waals surface area contributed by atoms with Crippen molar-refractivity contribution >= 4 is 11.9 Å². The van der Waals surface area contributed by atoms with Crippen LogP contribution in [0.5, 0.6) is 0 Å². The molecular weight excluding hydrogens is 231 g/mol. The van der Waals surface area contributed by atoms with Crippen molar-refractivity contribution in [2.75, 3.05) is 0 Å². The van der Waals surface area contributed by atoms with E-state index in [2.05, 4.69) is 11.7 Å². The first-order chi connectivity index (χ1) is 7.20. The van der Waals surface area contributed by atoms with Gasteiger partial charge in [0.1, 0.15) is 0 Å². The van der Waals surface area contributed by atoms with Crippen LogP contribution in [0, 0.1) is 0 Å². The monoisotopic (exact) mass is 254 g/mol. The minimum absolute atomic E-state index is 0. The average Bonchev–Trinajstić information content (AvgIpc) is 2.17. The van der Waals surface area contributed by atoms with E-state index in [1.165, 1.54) is 12.8 Å². The second-order valence-corrected chi connectivity index (χ2v) is 3.76. The molecule has 0 unspecified atom stereocenters. The Bertz CT molecular complexity index is 198. The molecule has 0 bridgehead atoms. The molecule has 0 spiro atoms. The van der Waals surface area contributed by atoms with Crippen LogP contribution in [0.1, 0.15) is 66.6 Å². The Balaban J connectivity index is -0.000000980. The largest absolute Gasteiger partial charge is 1.00 e. The fraction of sp³-hybridized carbons (Fsp3) is 0.833. The first kappa shape index (κ1) is 19.1. The molecule has 4 heteroatoms. The minimum atomic E-state index is -0.393. The summed E-state index contributed by atoms with van der Waals surface area (Å²) in [6.07, 6.45) is 6.88. The van der Waals surface area contributed by atoms with Crippen molar-refractivity contribution in [1.82, 2.24) is 0 Å². The fourth-order valence-corrected chi connectivity index (χ4v) is 1.31. The Kier molecular flexibility index (Phi) is 16.5. The number of esters is 2. The molecule has 0 aromatic rings. The summed E-state index contributed by atoms with van der Waals surface area (Å²) in [7, 11) is 0. The number of carbonyl (C=O) groups is 2. The van der Waals surface area contributed by atoms with Gasteiger partial charge < -0.3 is 6.16 Å². The van der Waals surface area contributed by atoms with Crippen LogP contribution in [0.3, 0.4) is 0 Å². The van der Waals surface area contributed by atoms with E-state index in [4.69, 9.17) is 0 Å². The SMILES string of the molecule is CCCCCCCC(=O)OC(=O)CCC.[H-].[K+]. The standard InChI is InChI=1S/C12H22O3.K.H/c1-3-5-6-7-8-10-12(14)15-11(13)9-4-2;;/h3-10H2,1-2H3;;/q;+1;-1. The molecule has 0 aliphatic heterocycles. The van der Waals surface area contributed by atoms with Gasteiger partial charge in [0.2, 0.25) is 0 Å². The van der Waals surface area contributed by atoms with Crippen LogP contribution in [-0.4, -0.2) is 11.9 Å². The molecule has 0 aliphatic carbocycles. The van der Waals surface area contributed by atoms with Crippen molar-refractivity contribution in [2.24, 2.45) is 0 Å². The third-order valence-electron chi connectivity index (χ3n) is 2.17. The molecule has 0 aromatic heterocycles. The Hall–Kier alpha value is 0.776. The van der Waals surface area contributed by atoms with Gasteiger partial charge in [0.05, 0.1) is 0 Å². The molecule has 0 amide bonds. The number of hydrogen-bond acceptors (Lipinski definition) is 3. The summed E-state index contributed by atoms with van der Waals surface area (Å²) in [5, 5.41) is 0. The molecule has 0 rings (SSSR count). The van der Waals surface area contributed by atoms with E-state index in [9.17, 15) is 9.59 Å². The smallest absolute Gasteiger partial charge is 1.00 e. The molecule has 0 N–H and O–H groups in total. The third kappa shape index (κ3) is 12.8. The molecule has 0 aromatic carbocycles. The summed E-state index contributed by atoms with van der Waals surface area (Å²) < 4.78 is 4.62. The Morgan fingerprint density at radius 2 is 1.44 bits per heavy atom. The zero-order valence-corrected chi connectivity index (χ0v) is 14.0. The van der Waals surface area contributed by atoms with E-state index in [-0.39, 0.29) is 58.8 Å². The van der Waals surface area contributed by atoms with Gasteiger partial charge in [0.15, 0.2) is 0 Å². The van der Waals surface area contributed by atoms with Gasteiger partial charge in [-0.05, 0) is 12.8 Å². The van der Waals surface area contributed by atoms with Crippen molar-refractivity contribution in [2.45, 2.75) is 65.2 Å². The summed E-state index contributed by atoms with van der Waals surface area (Å²) in [5.74, 6) is -0.763. The predicted octanol–water partition coefficient (Wildman–Crippen LogP) is 0.333. The van der Waals surface area contributed by atoms with Gasteiger partial charge in [-0.2, -0.15) is 0 Å². The topological polar surface area (TPSA) is 43.4 Å². The summed E-state index contributed by atoms with van der Waals surface area (Å²) >= 11 is 0. The van der Waals surface area contributed by atoms with E-state index >= 15 is 0 Å². The van der Waals surface area contributed by atoms with Crippen LogP contribution >= 0.6 is 0 Å². The van der Waals surface area contributed by atoms with Crippen molar-refractivity contribution in [3.63, 3.8) is 0 Å². The van der Waals surface area contributed by atoms with Crippen LogP contribution < -0.4 is 51.4 Å². The normalized spacial score (nSPS) is 9.38. The van der Waals surface area contributed by atoms with Crippen molar-refractivity contribution in [3.05, 3.63) is 0 Å². The Morgan fingerprint density at radius 1 is 0.875 bits per heavy atom. The molecule has 0 saturated carbocycles. The predicted molar refractivity (Wildman–Crippen MR) is 60.5 cm³/mol. The second kappa shape index (κ2) is 13.8. The molecule has 0 saturated heterocycles. The molecule has 0 heterocycles. The molecule has 16 heavy (non-hydrogen) atoms. The molecular formula is C12H23KO3. The van der Waals surface area contributed by atoms with Crippen LogP contribution in [0.25, 0.3) is 0 Å². The third-order valence-corrected chi connectivity index (χ3v) is 2.17. The number of ether oxygens (including phenoxy) is 1. The Labute approximate surface area is 143 Å². The van der Waals surface area contributed by atoms with Gasteiger partial charge in [-0.15, -0.1) is 0 Å². The van der Waals surface area contributed by atoms with E-state index < -0.39 is 5.97 Å². The number of carbonyl (C=O) groups excluding carboxylic acids is 2. The summed E-state index contributed by atoms with van der Waals surface area (Å²) in [4.78, 5) is 22.1. The van der Waals surface area contributed by atoms with Crippen molar-refractivity contribution in [3.8, 4) is 0 Å². The van der Waals surface area contributed by atoms with Crippen molar-refractivity contribution in [1.29, 1.82) is 0 Å². The zero-order valence-electron chi connectivity index (χ0n) is 11.9. The maximum Gasteiger partial charge on any atom is 1.00 e. The van der Waals surface area contributed by atoms with E-state index in [1.807, 2.05) is 6.92 Å². The van der Waals surface area contributed by atoms with Gasteiger partial charge in [-0.1, -0.05) is 39.5 Å². The first-order valence-electron chi connectivity index (χ1n) is 5.94. The van der Waals surface area contributed by atoms with Crippen molar-refractivity contribution < 1.29 is 67.1 Å². The second-order valence-electron chi connectivity index (χ2n) is 3.76. The van der Waals surface area contributed by atoms with E-state index in [0.29, 0.717) is 12.8 Å². The van der Waals surface area contributed by atoms with Gasteiger partial charge in [0, 0.05) is 12.8 Å². The molecule has 90 valence electrons. The summed E-state index contributed by atoms with van der Waals surface area (Å²) in [6, 6.07) is 0.